The van der Waals surface area contributed by atoms with Gasteiger partial charge < -0.3 is 16.0 Å². The number of hydrogen-bond donors (Lipinski definition) is 3. The summed E-state index contributed by atoms with van der Waals surface area (Å²) >= 11 is 0. The largest absolute Gasteiger partial charge is 0.345 e. The quantitative estimate of drug-likeness (QED) is 0.777. The number of halogens is 1. The lowest BCUT2D eigenvalue weighted by Gasteiger charge is -2.28. The number of hydrogen-bond acceptors (Lipinski definition) is 3. The van der Waals surface area contributed by atoms with Gasteiger partial charge in [-0.05, 0) is 25.3 Å². The summed E-state index contributed by atoms with van der Waals surface area (Å²) < 4.78 is 0. The Hall–Kier alpha value is -1.33. The highest BCUT2D eigenvalue weighted by Gasteiger charge is 2.34. The second kappa shape index (κ2) is 6.21. The van der Waals surface area contributed by atoms with Crippen LogP contribution in [0.15, 0.2) is 17.1 Å². The van der Waals surface area contributed by atoms with Crippen molar-refractivity contribution in [1.82, 2.24) is 10.3 Å². The molecular weight excluding hydrogens is 266 g/mol. The number of aromatic nitrogens is 1. The van der Waals surface area contributed by atoms with Crippen LogP contribution in [0, 0.1) is 6.92 Å². The summed E-state index contributed by atoms with van der Waals surface area (Å²) in [7, 11) is 0. The molecule has 1 aliphatic carbocycles. The number of aromatic amines is 1. The summed E-state index contributed by atoms with van der Waals surface area (Å²) in [5, 5.41) is 3.03. The molecule has 1 heterocycles. The lowest BCUT2D eigenvalue weighted by molar-refractivity contribution is 0.0902. The van der Waals surface area contributed by atoms with Crippen molar-refractivity contribution in [2.45, 2.75) is 38.1 Å². The minimum absolute atomic E-state index is 0. The molecule has 1 fully saturated rings. The summed E-state index contributed by atoms with van der Waals surface area (Å²) in [6, 6.07) is 1.43. The molecule has 4 N–H and O–H groups in total. The van der Waals surface area contributed by atoms with Crippen molar-refractivity contribution in [1.29, 1.82) is 0 Å². The Bertz CT molecular complexity index is 507. The second-order valence-electron chi connectivity index (χ2n) is 5.04. The molecule has 1 amide bonds. The highest BCUT2D eigenvalue weighted by Crippen LogP contribution is 2.28. The van der Waals surface area contributed by atoms with Gasteiger partial charge in [-0.1, -0.05) is 12.8 Å². The molecule has 0 unspecified atom stereocenters. The van der Waals surface area contributed by atoms with Crippen LogP contribution in [0.2, 0.25) is 0 Å². The number of rotatable bonds is 3. The first-order valence-electron chi connectivity index (χ1n) is 6.28. The van der Waals surface area contributed by atoms with Crippen LogP contribution >= 0.6 is 12.4 Å². The van der Waals surface area contributed by atoms with Crippen molar-refractivity contribution < 1.29 is 4.79 Å². The maximum absolute atomic E-state index is 12.2. The number of aryl methyl sites for hydroxylation is 1. The number of amides is 1. The molecule has 0 aliphatic heterocycles. The lowest BCUT2D eigenvalue weighted by Crippen LogP contribution is -2.51. The van der Waals surface area contributed by atoms with E-state index in [0.717, 1.165) is 25.7 Å². The van der Waals surface area contributed by atoms with Crippen LogP contribution in [-0.2, 0) is 0 Å². The number of nitrogens with one attached hydrogen (secondary N) is 2. The Morgan fingerprint density at radius 2 is 2.11 bits per heavy atom. The van der Waals surface area contributed by atoms with Gasteiger partial charge in [-0.2, -0.15) is 0 Å². The van der Waals surface area contributed by atoms with E-state index in [9.17, 15) is 9.59 Å². The Balaban J connectivity index is 0.00000180. The van der Waals surface area contributed by atoms with Crippen molar-refractivity contribution >= 4 is 18.3 Å². The SMILES string of the molecule is Cc1cc(=O)[nH]cc1C(=O)NC1(CN)CCCC1.Cl. The van der Waals surface area contributed by atoms with E-state index in [0.29, 0.717) is 17.7 Å². The van der Waals surface area contributed by atoms with Gasteiger partial charge in [-0.3, -0.25) is 9.59 Å². The lowest BCUT2D eigenvalue weighted by atomic mass is 9.97. The van der Waals surface area contributed by atoms with E-state index in [4.69, 9.17) is 5.73 Å². The van der Waals surface area contributed by atoms with E-state index in [-0.39, 0.29) is 29.4 Å². The smallest absolute Gasteiger partial charge is 0.253 e. The standard InChI is InChI=1S/C13H19N3O2.ClH/c1-9-6-11(17)15-7-10(9)12(18)16-13(8-14)4-2-3-5-13;/h6-7H,2-5,8,14H2,1H3,(H,15,17)(H,16,18);1H. The summed E-state index contributed by atoms with van der Waals surface area (Å²) in [6.07, 6.45) is 5.52. The van der Waals surface area contributed by atoms with Gasteiger partial charge in [0.1, 0.15) is 0 Å². The summed E-state index contributed by atoms with van der Waals surface area (Å²) in [6.45, 7) is 2.22. The summed E-state index contributed by atoms with van der Waals surface area (Å²) in [5.41, 5.74) is 6.52. The number of nitrogens with two attached hydrogens (primary N) is 1. The maximum atomic E-state index is 12.2. The molecule has 0 spiro atoms. The highest BCUT2D eigenvalue weighted by atomic mass is 35.5. The van der Waals surface area contributed by atoms with Crippen LogP contribution in [0.5, 0.6) is 0 Å². The zero-order chi connectivity index (χ0) is 13.2. The molecule has 1 aliphatic rings. The van der Waals surface area contributed by atoms with Crippen LogP contribution in [0.3, 0.4) is 0 Å². The predicted molar refractivity (Wildman–Crippen MR) is 76.8 cm³/mol. The predicted octanol–water partition coefficient (Wildman–Crippen LogP) is 1.11. The summed E-state index contributed by atoms with van der Waals surface area (Å²) in [5.74, 6) is -0.156. The zero-order valence-electron chi connectivity index (χ0n) is 11.0. The fourth-order valence-corrected chi connectivity index (χ4v) is 2.56. The van der Waals surface area contributed by atoms with Crippen LogP contribution < -0.4 is 16.6 Å². The van der Waals surface area contributed by atoms with Gasteiger partial charge in [0, 0.05) is 18.8 Å². The monoisotopic (exact) mass is 285 g/mol. The first-order valence-corrected chi connectivity index (χ1v) is 6.28. The molecule has 106 valence electrons. The van der Waals surface area contributed by atoms with E-state index in [1.165, 1.54) is 12.3 Å². The van der Waals surface area contributed by atoms with Crippen LogP contribution in [0.4, 0.5) is 0 Å². The maximum Gasteiger partial charge on any atom is 0.253 e. The molecule has 5 nitrogen and oxygen atoms in total. The van der Waals surface area contributed by atoms with E-state index in [1.807, 2.05) is 0 Å². The number of carbonyl (C=O) groups excluding carboxylic acids is 1. The molecule has 0 radical (unpaired) electrons. The van der Waals surface area contributed by atoms with E-state index >= 15 is 0 Å². The van der Waals surface area contributed by atoms with Gasteiger partial charge in [-0.25, -0.2) is 0 Å². The Morgan fingerprint density at radius 1 is 1.47 bits per heavy atom. The van der Waals surface area contributed by atoms with Crippen molar-refractivity contribution in [3.8, 4) is 0 Å². The van der Waals surface area contributed by atoms with Crippen LogP contribution in [0.1, 0.15) is 41.6 Å². The first kappa shape index (κ1) is 15.7. The average molecular weight is 286 g/mol. The Kier molecular flexibility index (Phi) is 5.14. The van der Waals surface area contributed by atoms with E-state index < -0.39 is 0 Å². The van der Waals surface area contributed by atoms with Crippen molar-refractivity contribution in [3.05, 3.63) is 33.7 Å². The number of H-pyrrole nitrogens is 1. The van der Waals surface area contributed by atoms with Crippen molar-refractivity contribution in [3.63, 3.8) is 0 Å². The normalized spacial score (nSPS) is 16.7. The molecule has 1 aromatic heterocycles. The third kappa shape index (κ3) is 3.36. The fraction of sp³-hybridized carbons (Fsp3) is 0.538. The zero-order valence-corrected chi connectivity index (χ0v) is 11.8. The Labute approximate surface area is 118 Å². The minimum Gasteiger partial charge on any atom is -0.345 e. The van der Waals surface area contributed by atoms with Crippen molar-refractivity contribution in [2.75, 3.05) is 6.54 Å². The molecule has 1 aromatic rings. The summed E-state index contributed by atoms with van der Waals surface area (Å²) in [4.78, 5) is 25.9. The van der Waals surface area contributed by atoms with Gasteiger partial charge in [0.25, 0.3) is 5.91 Å². The molecule has 0 saturated heterocycles. The third-order valence-electron chi connectivity index (χ3n) is 3.71. The molecule has 0 bridgehead atoms. The van der Waals surface area contributed by atoms with Crippen LogP contribution in [0.25, 0.3) is 0 Å². The van der Waals surface area contributed by atoms with Gasteiger partial charge in [0.05, 0.1) is 11.1 Å². The first-order chi connectivity index (χ1) is 8.56. The van der Waals surface area contributed by atoms with Crippen molar-refractivity contribution in [2.24, 2.45) is 5.73 Å². The van der Waals surface area contributed by atoms with E-state index in [2.05, 4.69) is 10.3 Å². The highest BCUT2D eigenvalue weighted by molar-refractivity contribution is 5.95. The average Bonchev–Trinajstić information content (AvgIpc) is 2.78. The molecule has 6 heteroatoms. The molecule has 0 aromatic carbocycles. The molecule has 0 atom stereocenters. The molecular formula is C13H20ClN3O2. The third-order valence-corrected chi connectivity index (χ3v) is 3.71. The number of carbonyl (C=O) groups is 1. The van der Waals surface area contributed by atoms with Gasteiger partial charge in [0.2, 0.25) is 5.56 Å². The van der Waals surface area contributed by atoms with E-state index in [1.54, 1.807) is 6.92 Å². The fourth-order valence-electron chi connectivity index (χ4n) is 2.56. The molecule has 1 saturated carbocycles. The minimum atomic E-state index is -0.264. The Morgan fingerprint density at radius 3 is 2.63 bits per heavy atom. The van der Waals surface area contributed by atoms with Gasteiger partial charge >= 0.3 is 0 Å². The van der Waals surface area contributed by atoms with Gasteiger partial charge in [-0.15, -0.1) is 12.4 Å². The van der Waals surface area contributed by atoms with Crippen LogP contribution in [-0.4, -0.2) is 23.0 Å². The number of pyridine rings is 1. The molecule has 2 rings (SSSR count). The topological polar surface area (TPSA) is 88.0 Å². The van der Waals surface area contributed by atoms with Gasteiger partial charge in [0.15, 0.2) is 0 Å². The second-order valence-corrected chi connectivity index (χ2v) is 5.04. The molecule has 19 heavy (non-hydrogen) atoms.